The van der Waals surface area contributed by atoms with Crippen molar-refractivity contribution in [1.82, 2.24) is 4.98 Å². The Morgan fingerprint density at radius 1 is 1.32 bits per heavy atom. The number of halogens is 1. The molecule has 2 aromatic rings. The molecule has 4 nitrogen and oxygen atoms in total. The minimum absolute atomic E-state index is 0.0109. The second-order valence-corrected chi connectivity index (χ2v) is 3.96. The van der Waals surface area contributed by atoms with Gasteiger partial charge in [0.2, 0.25) is 0 Å². The smallest absolute Gasteiger partial charge is 0.342 e. The lowest BCUT2D eigenvalue weighted by Crippen LogP contribution is -2.09. The van der Waals surface area contributed by atoms with Crippen molar-refractivity contribution in [3.8, 4) is 5.75 Å². The normalized spacial score (nSPS) is 11.9. The molecule has 0 fully saturated rings. The summed E-state index contributed by atoms with van der Waals surface area (Å²) in [6.07, 6.45) is 2.82. The first-order valence-electron chi connectivity index (χ1n) is 5.68. The number of carboxylic acids is 1. The Morgan fingerprint density at radius 2 is 2.00 bits per heavy atom. The van der Waals surface area contributed by atoms with Gasteiger partial charge in [-0.15, -0.1) is 0 Å². The first-order chi connectivity index (χ1) is 9.09. The van der Waals surface area contributed by atoms with E-state index in [1.807, 2.05) is 0 Å². The van der Waals surface area contributed by atoms with Crippen molar-refractivity contribution < 1.29 is 19.0 Å². The van der Waals surface area contributed by atoms with E-state index in [4.69, 9.17) is 9.84 Å². The molecule has 1 aromatic heterocycles. The standard InChI is InChI=1S/C14H12FNO3/c1-9(10-5-7-16-8-6-10)19-12-4-2-3-11(15)13(12)14(17)18/h2-9H,1H3,(H,17,18). The molecule has 1 aromatic carbocycles. The summed E-state index contributed by atoms with van der Waals surface area (Å²) in [5.41, 5.74) is 0.374. The van der Waals surface area contributed by atoms with Crippen LogP contribution in [0.25, 0.3) is 0 Å². The molecule has 0 spiro atoms. The number of aromatic carboxylic acids is 1. The van der Waals surface area contributed by atoms with Gasteiger partial charge in [0.25, 0.3) is 0 Å². The van der Waals surface area contributed by atoms with Crippen molar-refractivity contribution >= 4 is 5.97 Å². The van der Waals surface area contributed by atoms with Gasteiger partial charge < -0.3 is 9.84 Å². The number of pyridine rings is 1. The van der Waals surface area contributed by atoms with E-state index >= 15 is 0 Å². The molecule has 2 rings (SSSR count). The average Bonchev–Trinajstić information content (AvgIpc) is 2.39. The molecule has 1 N–H and O–H groups in total. The molecule has 0 saturated carbocycles. The summed E-state index contributed by atoms with van der Waals surface area (Å²) >= 11 is 0. The second-order valence-electron chi connectivity index (χ2n) is 3.96. The van der Waals surface area contributed by atoms with Gasteiger partial charge in [-0.25, -0.2) is 9.18 Å². The quantitative estimate of drug-likeness (QED) is 0.918. The lowest BCUT2D eigenvalue weighted by atomic mass is 10.1. The highest BCUT2D eigenvalue weighted by atomic mass is 19.1. The molecule has 5 heteroatoms. The van der Waals surface area contributed by atoms with Gasteiger partial charge in [0, 0.05) is 12.4 Å². The van der Waals surface area contributed by atoms with Crippen molar-refractivity contribution in [2.45, 2.75) is 13.0 Å². The average molecular weight is 261 g/mol. The molecule has 1 atom stereocenters. The molecule has 98 valence electrons. The van der Waals surface area contributed by atoms with E-state index in [1.165, 1.54) is 12.1 Å². The van der Waals surface area contributed by atoms with Gasteiger partial charge in [0.1, 0.15) is 23.2 Å². The molecule has 0 aliphatic carbocycles. The van der Waals surface area contributed by atoms with Crippen molar-refractivity contribution in [2.24, 2.45) is 0 Å². The van der Waals surface area contributed by atoms with E-state index in [9.17, 15) is 9.18 Å². The van der Waals surface area contributed by atoms with Gasteiger partial charge in [-0.1, -0.05) is 6.07 Å². The summed E-state index contributed by atoms with van der Waals surface area (Å²) in [5.74, 6) is -2.15. The summed E-state index contributed by atoms with van der Waals surface area (Å²) in [4.78, 5) is 14.9. The predicted molar refractivity (Wildman–Crippen MR) is 66.6 cm³/mol. The van der Waals surface area contributed by atoms with Crippen LogP contribution in [0.2, 0.25) is 0 Å². The Kier molecular flexibility index (Phi) is 3.75. The highest BCUT2D eigenvalue weighted by molar-refractivity contribution is 5.91. The number of hydrogen-bond donors (Lipinski definition) is 1. The van der Waals surface area contributed by atoms with Crippen LogP contribution < -0.4 is 4.74 Å². The number of rotatable bonds is 4. The third-order valence-corrected chi connectivity index (χ3v) is 2.67. The van der Waals surface area contributed by atoms with Crippen molar-refractivity contribution in [3.05, 3.63) is 59.7 Å². The van der Waals surface area contributed by atoms with E-state index in [0.29, 0.717) is 0 Å². The van der Waals surface area contributed by atoms with Crippen LogP contribution in [0, 0.1) is 5.82 Å². The molecule has 0 aliphatic heterocycles. The van der Waals surface area contributed by atoms with E-state index < -0.39 is 23.5 Å². The lowest BCUT2D eigenvalue weighted by molar-refractivity contribution is 0.0684. The van der Waals surface area contributed by atoms with Crippen molar-refractivity contribution in [3.63, 3.8) is 0 Å². The molecule has 0 bridgehead atoms. The van der Waals surface area contributed by atoms with Gasteiger partial charge in [-0.3, -0.25) is 4.98 Å². The van der Waals surface area contributed by atoms with E-state index in [0.717, 1.165) is 11.6 Å². The molecule has 1 heterocycles. The number of ether oxygens (including phenoxy) is 1. The first-order valence-corrected chi connectivity index (χ1v) is 5.68. The molecular weight excluding hydrogens is 249 g/mol. The summed E-state index contributed by atoms with van der Waals surface area (Å²) in [7, 11) is 0. The van der Waals surface area contributed by atoms with Gasteiger partial charge >= 0.3 is 5.97 Å². The highest BCUT2D eigenvalue weighted by Gasteiger charge is 2.19. The lowest BCUT2D eigenvalue weighted by Gasteiger charge is -2.16. The van der Waals surface area contributed by atoms with Crippen LogP contribution in [0.1, 0.15) is 28.9 Å². The second kappa shape index (κ2) is 5.48. The molecule has 0 amide bonds. The van der Waals surface area contributed by atoms with Gasteiger partial charge in [0.15, 0.2) is 0 Å². The highest BCUT2D eigenvalue weighted by Crippen LogP contribution is 2.26. The van der Waals surface area contributed by atoms with Crippen LogP contribution in [-0.2, 0) is 0 Å². The predicted octanol–water partition coefficient (Wildman–Crippen LogP) is 3.06. The van der Waals surface area contributed by atoms with E-state index in [2.05, 4.69) is 4.98 Å². The first kappa shape index (κ1) is 13.0. The number of aromatic nitrogens is 1. The SMILES string of the molecule is CC(Oc1cccc(F)c1C(=O)O)c1ccncc1. The fourth-order valence-electron chi connectivity index (χ4n) is 1.70. The Bertz CT molecular complexity index is 586. The van der Waals surface area contributed by atoms with Crippen LogP contribution >= 0.6 is 0 Å². The van der Waals surface area contributed by atoms with E-state index in [-0.39, 0.29) is 5.75 Å². The van der Waals surface area contributed by atoms with Crippen LogP contribution in [0.4, 0.5) is 4.39 Å². The monoisotopic (exact) mass is 261 g/mol. The largest absolute Gasteiger partial charge is 0.485 e. The van der Waals surface area contributed by atoms with Crippen LogP contribution in [0.5, 0.6) is 5.75 Å². The van der Waals surface area contributed by atoms with Crippen LogP contribution in [0.3, 0.4) is 0 Å². The molecule has 19 heavy (non-hydrogen) atoms. The topological polar surface area (TPSA) is 59.4 Å². The maximum Gasteiger partial charge on any atom is 0.342 e. The maximum absolute atomic E-state index is 13.5. The van der Waals surface area contributed by atoms with Gasteiger partial charge in [0.05, 0.1) is 0 Å². The van der Waals surface area contributed by atoms with E-state index in [1.54, 1.807) is 31.5 Å². The summed E-state index contributed by atoms with van der Waals surface area (Å²) in [6, 6.07) is 7.45. The molecular formula is C14H12FNO3. The van der Waals surface area contributed by atoms with Crippen LogP contribution in [-0.4, -0.2) is 16.1 Å². The zero-order chi connectivity index (χ0) is 13.8. The zero-order valence-electron chi connectivity index (χ0n) is 10.2. The Balaban J connectivity index is 2.29. The van der Waals surface area contributed by atoms with Crippen molar-refractivity contribution in [2.75, 3.05) is 0 Å². The minimum Gasteiger partial charge on any atom is -0.485 e. The zero-order valence-corrected chi connectivity index (χ0v) is 10.2. The maximum atomic E-state index is 13.5. The Hall–Kier alpha value is -2.43. The molecule has 1 unspecified atom stereocenters. The van der Waals surface area contributed by atoms with Crippen LogP contribution in [0.15, 0.2) is 42.7 Å². The third kappa shape index (κ3) is 2.88. The summed E-state index contributed by atoms with van der Waals surface area (Å²) in [5, 5.41) is 9.00. The summed E-state index contributed by atoms with van der Waals surface area (Å²) < 4.78 is 19.0. The van der Waals surface area contributed by atoms with Gasteiger partial charge in [-0.05, 0) is 36.8 Å². The number of carbonyl (C=O) groups is 1. The number of carboxylic acid groups (broad SMARTS) is 1. The fourth-order valence-corrected chi connectivity index (χ4v) is 1.70. The Morgan fingerprint density at radius 3 is 2.63 bits per heavy atom. The molecule has 0 saturated heterocycles. The van der Waals surface area contributed by atoms with Crippen molar-refractivity contribution in [1.29, 1.82) is 0 Å². The van der Waals surface area contributed by atoms with Gasteiger partial charge in [-0.2, -0.15) is 0 Å². The molecule has 0 aliphatic rings. The Labute approximate surface area is 109 Å². The minimum atomic E-state index is -1.35. The third-order valence-electron chi connectivity index (χ3n) is 2.67. The number of hydrogen-bond acceptors (Lipinski definition) is 3. The summed E-state index contributed by atoms with van der Waals surface area (Å²) in [6.45, 7) is 1.76. The number of nitrogens with zero attached hydrogens (tertiary/aromatic N) is 1. The molecule has 0 radical (unpaired) electrons. The number of benzene rings is 1. The fraction of sp³-hybridized carbons (Fsp3) is 0.143.